The first-order chi connectivity index (χ1) is 15.2. The topological polar surface area (TPSA) is 88.4 Å². The Hall–Kier alpha value is -3.24. The first-order valence-electron chi connectivity index (χ1n) is 9.62. The van der Waals surface area contributed by atoms with E-state index in [1.165, 1.54) is 28.9 Å². The van der Waals surface area contributed by atoms with Crippen molar-refractivity contribution >= 4 is 23.4 Å². The van der Waals surface area contributed by atoms with E-state index in [0.29, 0.717) is 29.5 Å². The summed E-state index contributed by atoms with van der Waals surface area (Å²) in [6, 6.07) is 11.2. The van der Waals surface area contributed by atoms with Gasteiger partial charge in [0, 0.05) is 24.2 Å². The van der Waals surface area contributed by atoms with E-state index < -0.39 is 18.3 Å². The highest BCUT2D eigenvalue weighted by molar-refractivity contribution is 6.32. The van der Waals surface area contributed by atoms with Crippen LogP contribution >= 0.6 is 11.6 Å². The van der Waals surface area contributed by atoms with E-state index in [4.69, 9.17) is 16.3 Å². The molecular weight excluding hydrogens is 449 g/mol. The second-order valence-corrected chi connectivity index (χ2v) is 7.53. The molecule has 0 aliphatic carbocycles. The Morgan fingerprint density at radius 2 is 1.97 bits per heavy atom. The normalized spacial score (nSPS) is 16.6. The first kappa shape index (κ1) is 22.0. The van der Waals surface area contributed by atoms with Gasteiger partial charge >= 0.3 is 12.2 Å². The molecule has 3 N–H and O–H groups in total. The Morgan fingerprint density at radius 1 is 1.22 bits per heavy atom. The van der Waals surface area contributed by atoms with Crippen LogP contribution in [-0.2, 0) is 0 Å². The van der Waals surface area contributed by atoms with Crippen LogP contribution < -0.4 is 15.4 Å². The van der Waals surface area contributed by atoms with Gasteiger partial charge in [0.15, 0.2) is 11.9 Å². The molecule has 1 aromatic heterocycles. The Balaban J connectivity index is 1.41. The van der Waals surface area contributed by atoms with Crippen LogP contribution in [0.3, 0.4) is 0 Å². The maximum absolute atomic E-state index is 12.6. The minimum Gasteiger partial charge on any atom is -0.492 e. The van der Waals surface area contributed by atoms with Crippen LogP contribution in [0, 0.1) is 0 Å². The van der Waals surface area contributed by atoms with Crippen molar-refractivity contribution in [2.24, 2.45) is 0 Å². The molecule has 0 bridgehead atoms. The van der Waals surface area contributed by atoms with Crippen LogP contribution in [0.5, 0.6) is 5.75 Å². The van der Waals surface area contributed by atoms with Gasteiger partial charge in [-0.2, -0.15) is 13.2 Å². The lowest BCUT2D eigenvalue weighted by atomic mass is 10.0. The highest BCUT2D eigenvalue weighted by atomic mass is 35.5. The number of amides is 2. The van der Waals surface area contributed by atoms with Crippen LogP contribution in [-0.4, -0.2) is 33.7 Å². The molecule has 7 nitrogen and oxygen atoms in total. The number of nitrogens with one attached hydrogen (secondary N) is 2. The summed E-state index contributed by atoms with van der Waals surface area (Å²) in [5, 5.41) is 19.5. The smallest absolute Gasteiger partial charge is 0.418 e. The lowest BCUT2D eigenvalue weighted by molar-refractivity contribution is -0.206. The van der Waals surface area contributed by atoms with Crippen molar-refractivity contribution < 1.29 is 27.8 Å². The number of benzene rings is 2. The summed E-state index contributed by atoms with van der Waals surface area (Å²) in [7, 11) is 0. The number of urea groups is 1. The zero-order valence-corrected chi connectivity index (χ0v) is 17.2. The number of hydrogen-bond acceptors (Lipinski definition) is 4. The maximum atomic E-state index is 12.6. The molecule has 0 fully saturated rings. The van der Waals surface area contributed by atoms with Gasteiger partial charge in [-0.15, -0.1) is 5.10 Å². The fourth-order valence-corrected chi connectivity index (χ4v) is 3.62. The van der Waals surface area contributed by atoms with E-state index in [-0.39, 0.29) is 17.4 Å². The summed E-state index contributed by atoms with van der Waals surface area (Å²) in [6.45, 7) is 0.412. The maximum Gasteiger partial charge on any atom is 0.418 e. The summed E-state index contributed by atoms with van der Waals surface area (Å²) in [5.41, 5.74) is 0.970. The number of aromatic nitrogens is 2. The van der Waals surface area contributed by atoms with Gasteiger partial charge in [-0.05, 0) is 23.8 Å². The predicted octanol–water partition coefficient (Wildman–Crippen LogP) is 4.77. The van der Waals surface area contributed by atoms with Gasteiger partial charge in [0.25, 0.3) is 0 Å². The summed E-state index contributed by atoms with van der Waals surface area (Å²) < 4.78 is 44.9. The molecule has 0 saturated carbocycles. The molecule has 3 aromatic rings. The highest BCUT2D eigenvalue weighted by Gasteiger charge is 2.39. The molecule has 2 heterocycles. The minimum atomic E-state index is -4.74. The second-order valence-electron chi connectivity index (χ2n) is 7.13. The number of aliphatic hydroxyl groups is 1. The number of carbonyl (C=O) groups excluding carboxylic acids is 1. The molecule has 4 rings (SSSR count). The lowest BCUT2D eigenvalue weighted by Gasteiger charge is -2.27. The van der Waals surface area contributed by atoms with Gasteiger partial charge in [0.1, 0.15) is 5.75 Å². The highest BCUT2D eigenvalue weighted by Crippen LogP contribution is 2.37. The molecular formula is C21H18ClF3N4O3. The third kappa shape index (κ3) is 4.66. The molecule has 0 spiro atoms. The molecule has 2 atom stereocenters. The largest absolute Gasteiger partial charge is 0.492 e. The first-order valence-corrected chi connectivity index (χ1v) is 9.99. The molecule has 1 aliphatic heterocycles. The number of nitrogens with zero attached hydrogens (tertiary/aromatic N) is 2. The number of hydrogen-bond donors (Lipinski definition) is 3. The van der Waals surface area contributed by atoms with Crippen molar-refractivity contribution in [3.63, 3.8) is 0 Å². The zero-order valence-electron chi connectivity index (χ0n) is 16.4. The fourth-order valence-electron chi connectivity index (χ4n) is 3.38. The third-order valence-corrected chi connectivity index (χ3v) is 5.24. The van der Waals surface area contributed by atoms with Crippen molar-refractivity contribution in [3.8, 4) is 11.4 Å². The standard InChI is InChI=1S/C21H18ClF3N4O3/c22-15-3-1-2-14-16(9-11-32-18(14)15)26-20(31)27-17-8-10-29(28-17)13-6-4-12(5-7-13)19(30)21(23,24)25/h1-8,10,16,19,30H,9,11H2,(H2,26,27,28,31)/t16-,19-/m0/s1. The molecule has 168 valence electrons. The second kappa shape index (κ2) is 8.71. The minimum absolute atomic E-state index is 0.250. The Bertz CT molecular complexity index is 1120. The third-order valence-electron chi connectivity index (χ3n) is 4.95. The number of para-hydroxylation sites is 1. The Kier molecular flexibility index (Phi) is 5.98. The average Bonchev–Trinajstić information content (AvgIpc) is 3.22. The van der Waals surface area contributed by atoms with Crippen molar-refractivity contribution in [1.82, 2.24) is 15.1 Å². The SMILES string of the molecule is O=C(Nc1ccn(-c2ccc([C@H](O)C(F)(F)F)cc2)n1)N[C@H]1CCOc2c(Cl)cccc21. The number of alkyl halides is 3. The monoisotopic (exact) mass is 466 g/mol. The molecule has 0 unspecified atom stereocenters. The number of carbonyl (C=O) groups is 1. The van der Waals surface area contributed by atoms with Crippen molar-refractivity contribution in [2.75, 3.05) is 11.9 Å². The van der Waals surface area contributed by atoms with Crippen LogP contribution in [0.25, 0.3) is 5.69 Å². The number of fused-ring (bicyclic) bond motifs is 1. The number of rotatable bonds is 4. The van der Waals surface area contributed by atoms with E-state index in [1.807, 2.05) is 6.07 Å². The Morgan fingerprint density at radius 3 is 2.69 bits per heavy atom. The van der Waals surface area contributed by atoms with Gasteiger partial charge < -0.3 is 15.2 Å². The summed E-state index contributed by atoms with van der Waals surface area (Å²) in [4.78, 5) is 12.5. The van der Waals surface area contributed by atoms with Crippen LogP contribution in [0.15, 0.2) is 54.7 Å². The van der Waals surface area contributed by atoms with E-state index >= 15 is 0 Å². The van der Waals surface area contributed by atoms with Crippen LogP contribution in [0.4, 0.5) is 23.8 Å². The van der Waals surface area contributed by atoms with Gasteiger partial charge in [-0.1, -0.05) is 35.9 Å². The van der Waals surface area contributed by atoms with E-state index in [2.05, 4.69) is 15.7 Å². The van der Waals surface area contributed by atoms with E-state index in [1.54, 1.807) is 24.4 Å². The van der Waals surface area contributed by atoms with E-state index in [9.17, 15) is 23.1 Å². The summed E-state index contributed by atoms with van der Waals surface area (Å²) in [6.07, 6.45) is -5.17. The number of halogens is 4. The summed E-state index contributed by atoms with van der Waals surface area (Å²) >= 11 is 6.15. The lowest BCUT2D eigenvalue weighted by Crippen LogP contribution is -2.35. The number of aliphatic hydroxyl groups excluding tert-OH is 1. The van der Waals surface area contributed by atoms with E-state index in [0.717, 1.165) is 5.56 Å². The predicted molar refractivity (Wildman–Crippen MR) is 111 cm³/mol. The van der Waals surface area contributed by atoms with Gasteiger partial charge in [0.05, 0.1) is 23.4 Å². The number of anilines is 1. The molecule has 0 radical (unpaired) electrons. The zero-order chi connectivity index (χ0) is 22.9. The van der Waals surface area contributed by atoms with Crippen LogP contribution in [0.1, 0.15) is 29.7 Å². The quantitative estimate of drug-likeness (QED) is 0.517. The molecule has 32 heavy (non-hydrogen) atoms. The molecule has 2 aromatic carbocycles. The average molecular weight is 467 g/mol. The van der Waals surface area contributed by atoms with Crippen molar-refractivity contribution in [3.05, 3.63) is 70.9 Å². The van der Waals surface area contributed by atoms with Gasteiger partial charge in [-0.25, -0.2) is 9.48 Å². The molecule has 0 saturated heterocycles. The van der Waals surface area contributed by atoms with Crippen molar-refractivity contribution in [2.45, 2.75) is 24.7 Å². The van der Waals surface area contributed by atoms with Crippen LogP contribution in [0.2, 0.25) is 5.02 Å². The molecule has 1 aliphatic rings. The fraction of sp³-hybridized carbons (Fsp3) is 0.238. The molecule has 11 heteroatoms. The Labute approximate surface area is 185 Å². The molecule has 2 amide bonds. The van der Waals surface area contributed by atoms with Crippen molar-refractivity contribution in [1.29, 1.82) is 0 Å². The summed E-state index contributed by atoms with van der Waals surface area (Å²) in [5.74, 6) is 0.800. The van der Waals surface area contributed by atoms with Gasteiger partial charge in [0.2, 0.25) is 0 Å². The van der Waals surface area contributed by atoms with Gasteiger partial charge in [-0.3, -0.25) is 5.32 Å². The number of ether oxygens (including phenoxy) is 1.